The van der Waals surface area contributed by atoms with Crippen molar-refractivity contribution in [2.24, 2.45) is 0 Å². The van der Waals surface area contributed by atoms with Crippen molar-refractivity contribution >= 4 is 22.0 Å². The smallest absolute Gasteiger partial charge is 0.129 e. The minimum absolute atomic E-state index is 0. The number of pyridine rings is 1. The molecule has 5 heteroatoms. The van der Waals surface area contributed by atoms with E-state index in [0.717, 1.165) is 72.7 Å². The van der Waals surface area contributed by atoms with E-state index in [1.807, 2.05) is 24.3 Å². The van der Waals surface area contributed by atoms with Gasteiger partial charge in [-0.05, 0) is 104 Å². The average Bonchev–Trinajstić information content (AvgIpc) is 3.97. The summed E-state index contributed by atoms with van der Waals surface area (Å²) in [7, 11) is 0. The van der Waals surface area contributed by atoms with Crippen molar-refractivity contribution in [3.63, 3.8) is 0 Å². The summed E-state index contributed by atoms with van der Waals surface area (Å²) in [6.07, 6.45) is 1.39. The van der Waals surface area contributed by atoms with Gasteiger partial charge in [0.15, 0.2) is 0 Å². The number of nitrogens with zero attached hydrogens (tertiary/aromatic N) is 3. The van der Waals surface area contributed by atoms with E-state index in [0.29, 0.717) is 0 Å². The molecular weight excluding hydrogens is 1010 g/mol. The molecule has 0 aliphatic heterocycles. The summed E-state index contributed by atoms with van der Waals surface area (Å²) in [5, 5.41) is 1.05. The van der Waals surface area contributed by atoms with Crippen LogP contribution >= 0.6 is 0 Å². The Balaban J connectivity index is 0.000000292. The second-order valence-electron chi connectivity index (χ2n) is 17.7. The summed E-state index contributed by atoms with van der Waals surface area (Å²) >= 11 is 0. The minimum atomic E-state index is -2.09. The Morgan fingerprint density at radius 1 is 0.574 bits per heavy atom. The molecule has 4 nitrogen and oxygen atoms in total. The first kappa shape index (κ1) is 40.8. The first-order valence-corrected chi connectivity index (χ1v) is 23.0. The number of aryl methyl sites for hydroxylation is 1. The Bertz CT molecular complexity index is 3680. The number of rotatable bonds is 6. The van der Waals surface area contributed by atoms with Crippen molar-refractivity contribution in [2.45, 2.75) is 46.4 Å². The van der Waals surface area contributed by atoms with E-state index in [1.165, 1.54) is 50.8 Å². The van der Waals surface area contributed by atoms with Gasteiger partial charge in [0.25, 0.3) is 0 Å². The molecule has 0 spiro atoms. The average molecular weight is 1060 g/mol. The SMILES string of the molecule is CC(C)c1cc(-c2ccccc2)cc(C(C)C)c1-n1c(-c2[c-]ccc3c4c(oc23)-c2ccccc2-c2ccccc2-c2ccccc2-4)nc2ccccc21.[2H]C([2H])([2H])c1ccc(-c2[c-]cccc2)nc1.[Ir]. The molecule has 0 atom stereocenters. The van der Waals surface area contributed by atoms with E-state index in [9.17, 15) is 0 Å². The quantitative estimate of drug-likeness (QED) is 0.156. The van der Waals surface area contributed by atoms with E-state index in [2.05, 4.69) is 195 Å². The molecule has 0 bridgehead atoms. The first-order valence-electron chi connectivity index (χ1n) is 24.5. The number of hydrogen-bond donors (Lipinski definition) is 0. The van der Waals surface area contributed by atoms with Crippen molar-refractivity contribution in [2.75, 3.05) is 0 Å². The van der Waals surface area contributed by atoms with Crippen molar-refractivity contribution < 1.29 is 28.6 Å². The number of benzene rings is 8. The molecule has 3 heterocycles. The van der Waals surface area contributed by atoms with Gasteiger partial charge in [-0.2, -0.15) is 0 Å². The van der Waals surface area contributed by atoms with E-state index in [4.69, 9.17) is 13.5 Å². The summed E-state index contributed by atoms with van der Waals surface area (Å²) < 4.78 is 31.3. The van der Waals surface area contributed by atoms with Gasteiger partial charge in [0.2, 0.25) is 0 Å². The van der Waals surface area contributed by atoms with Crippen LogP contribution in [0.15, 0.2) is 199 Å². The molecular formula is C63H49IrN3O-2. The fraction of sp³-hybridized carbons (Fsp3) is 0.111. The van der Waals surface area contributed by atoms with E-state index < -0.39 is 6.85 Å². The molecule has 1 radical (unpaired) electrons. The molecule has 1 aliphatic carbocycles. The molecule has 68 heavy (non-hydrogen) atoms. The van der Waals surface area contributed by atoms with Crippen LogP contribution in [-0.4, -0.2) is 14.5 Å². The van der Waals surface area contributed by atoms with Crippen molar-refractivity contribution in [3.05, 3.63) is 223 Å². The molecule has 3 aromatic heterocycles. The maximum atomic E-state index is 7.24. The topological polar surface area (TPSA) is 43.9 Å². The molecule has 0 amide bonds. The molecule has 0 fully saturated rings. The van der Waals surface area contributed by atoms with Gasteiger partial charge in [-0.1, -0.05) is 166 Å². The van der Waals surface area contributed by atoms with Gasteiger partial charge < -0.3 is 14.0 Å². The van der Waals surface area contributed by atoms with Crippen LogP contribution < -0.4 is 0 Å². The van der Waals surface area contributed by atoms with Crippen molar-refractivity contribution in [1.29, 1.82) is 0 Å². The molecule has 0 N–H and O–H groups in total. The molecule has 8 aromatic carbocycles. The predicted octanol–water partition coefficient (Wildman–Crippen LogP) is 17.0. The van der Waals surface area contributed by atoms with Gasteiger partial charge >= 0.3 is 0 Å². The van der Waals surface area contributed by atoms with Crippen LogP contribution in [0.3, 0.4) is 0 Å². The maximum absolute atomic E-state index is 7.24. The van der Waals surface area contributed by atoms with E-state index in [-0.39, 0.29) is 37.5 Å². The Hall–Kier alpha value is -7.43. The summed E-state index contributed by atoms with van der Waals surface area (Å²) in [5.74, 6) is 2.20. The van der Waals surface area contributed by atoms with Crippen molar-refractivity contribution in [1.82, 2.24) is 14.5 Å². The first-order chi connectivity index (χ1) is 34.0. The van der Waals surface area contributed by atoms with Crippen LogP contribution in [0.5, 0.6) is 0 Å². The van der Waals surface area contributed by atoms with Gasteiger partial charge in [0, 0.05) is 47.2 Å². The Labute approximate surface area is 416 Å². The molecule has 11 aromatic rings. The molecule has 1 aliphatic rings. The number of imidazole rings is 1. The Morgan fingerprint density at radius 3 is 1.81 bits per heavy atom. The van der Waals surface area contributed by atoms with E-state index >= 15 is 0 Å². The van der Waals surface area contributed by atoms with Crippen LogP contribution in [0.4, 0.5) is 0 Å². The molecule has 0 unspecified atom stereocenters. The standard InChI is InChI=1S/C51H39N2O.C12H10N.Ir/c1-31(2)43-29-34(33-17-6-5-7-18-33)30-44(32(3)4)48(43)53-46-28-15-14-27-45(46)52-51(53)42-26-16-25-41-47-39-23-12-10-21-37(39)35-19-8-9-20-36(35)38-22-11-13-24-40(38)50(47)54-49(41)42;1-10-7-8-12(13-9-10)11-5-3-2-4-6-11;/h5-25,27-32H,1-4H3;2-5,7-9H,1H3;/q2*-1;/i;1D3;. The Kier molecular flexibility index (Phi) is 11.2. The molecule has 12 rings (SSSR count). The van der Waals surface area contributed by atoms with Gasteiger partial charge in [0.05, 0.1) is 22.4 Å². The number of fused-ring (bicyclic) bond motifs is 11. The molecule has 0 saturated heterocycles. The summed E-state index contributed by atoms with van der Waals surface area (Å²) in [5.41, 5.74) is 19.8. The zero-order valence-electron chi connectivity index (χ0n) is 41.2. The van der Waals surface area contributed by atoms with Gasteiger partial charge in [0.1, 0.15) is 5.76 Å². The summed E-state index contributed by atoms with van der Waals surface area (Å²) in [4.78, 5) is 9.55. The van der Waals surface area contributed by atoms with Crippen LogP contribution in [0, 0.1) is 19.0 Å². The van der Waals surface area contributed by atoms with Gasteiger partial charge in [-0.3, -0.25) is 4.98 Å². The van der Waals surface area contributed by atoms with Gasteiger partial charge in [-0.25, -0.2) is 0 Å². The third kappa shape index (κ3) is 7.92. The number of hydrogen-bond acceptors (Lipinski definition) is 3. The zero-order chi connectivity index (χ0) is 48.1. The largest absolute Gasteiger partial charge is 0.500 e. The fourth-order valence-electron chi connectivity index (χ4n) is 9.63. The third-order valence-corrected chi connectivity index (χ3v) is 12.8. The number of furan rings is 1. The van der Waals surface area contributed by atoms with Crippen LogP contribution in [0.25, 0.3) is 106 Å². The van der Waals surface area contributed by atoms with Crippen LogP contribution in [0.2, 0.25) is 0 Å². The molecule has 0 saturated carbocycles. The summed E-state index contributed by atoms with van der Waals surface area (Å²) in [6.45, 7) is 7.09. The zero-order valence-corrected chi connectivity index (χ0v) is 40.6. The predicted molar refractivity (Wildman–Crippen MR) is 277 cm³/mol. The second kappa shape index (κ2) is 18.7. The Morgan fingerprint density at radius 2 is 1.18 bits per heavy atom. The normalized spacial score (nSPS) is 12.3. The minimum Gasteiger partial charge on any atom is -0.500 e. The van der Waals surface area contributed by atoms with E-state index in [1.54, 1.807) is 18.2 Å². The third-order valence-electron chi connectivity index (χ3n) is 12.8. The number of para-hydroxylation sites is 2. The van der Waals surface area contributed by atoms with Crippen LogP contribution in [0.1, 0.15) is 60.3 Å². The maximum Gasteiger partial charge on any atom is 0.129 e. The van der Waals surface area contributed by atoms with Gasteiger partial charge in [-0.15, -0.1) is 54.1 Å². The second-order valence-corrected chi connectivity index (χ2v) is 17.7. The monoisotopic (exact) mass is 1060 g/mol. The van der Waals surface area contributed by atoms with Crippen LogP contribution in [-0.2, 0) is 20.1 Å². The van der Waals surface area contributed by atoms with Crippen molar-refractivity contribution in [3.8, 4) is 84.2 Å². The number of aromatic nitrogens is 3. The molecule has 333 valence electrons. The fourth-order valence-corrected chi connectivity index (χ4v) is 9.63. The summed E-state index contributed by atoms with van der Waals surface area (Å²) in [6, 6.07) is 71.7.